The molecule has 1 aliphatic rings. The molecule has 1 heterocycles. The quantitative estimate of drug-likeness (QED) is 0.772. The van der Waals surface area contributed by atoms with E-state index in [9.17, 15) is 9.90 Å². The monoisotopic (exact) mass is 246 g/mol. The maximum atomic E-state index is 11.9. The van der Waals surface area contributed by atoms with E-state index in [-0.39, 0.29) is 17.8 Å². The van der Waals surface area contributed by atoms with Gasteiger partial charge < -0.3 is 9.84 Å². The minimum atomic E-state index is -0.855. The van der Waals surface area contributed by atoms with E-state index in [4.69, 9.17) is 4.74 Å². The number of rotatable bonds is 4. The molecule has 1 fully saturated rings. The zero-order valence-electron chi connectivity index (χ0n) is 10.4. The van der Waals surface area contributed by atoms with Gasteiger partial charge >= 0.3 is 5.97 Å². The minimum Gasteiger partial charge on any atom is -0.466 e. The molecule has 16 heavy (non-hydrogen) atoms. The summed E-state index contributed by atoms with van der Waals surface area (Å²) in [6, 6.07) is 0. The Bertz CT molecular complexity index is 234. The Morgan fingerprint density at radius 3 is 2.44 bits per heavy atom. The summed E-state index contributed by atoms with van der Waals surface area (Å²) < 4.78 is 5.08. The molecule has 1 atom stereocenters. The van der Waals surface area contributed by atoms with Crippen LogP contribution < -0.4 is 0 Å². The summed E-state index contributed by atoms with van der Waals surface area (Å²) in [6.07, 6.45) is 1.39. The van der Waals surface area contributed by atoms with Crippen molar-refractivity contribution in [1.82, 2.24) is 0 Å². The van der Waals surface area contributed by atoms with Crippen LogP contribution in [0.25, 0.3) is 0 Å². The number of hydrogen-bond acceptors (Lipinski definition) is 4. The van der Waals surface area contributed by atoms with Crippen molar-refractivity contribution in [3.8, 4) is 0 Å². The summed E-state index contributed by atoms with van der Waals surface area (Å²) in [7, 11) is 0. The number of hydrogen-bond donors (Lipinski definition) is 1. The van der Waals surface area contributed by atoms with E-state index in [1.54, 1.807) is 6.92 Å². The summed E-state index contributed by atoms with van der Waals surface area (Å²) in [5.74, 6) is 1.35. The van der Waals surface area contributed by atoms with Crippen molar-refractivity contribution in [1.29, 1.82) is 0 Å². The molecule has 0 aromatic heterocycles. The van der Waals surface area contributed by atoms with Crippen LogP contribution in [0, 0.1) is 11.8 Å². The predicted molar refractivity (Wildman–Crippen MR) is 66.5 cm³/mol. The van der Waals surface area contributed by atoms with Gasteiger partial charge in [0.2, 0.25) is 0 Å². The van der Waals surface area contributed by atoms with Crippen LogP contribution in [-0.4, -0.2) is 34.8 Å². The van der Waals surface area contributed by atoms with Crippen molar-refractivity contribution in [2.24, 2.45) is 11.8 Å². The fourth-order valence-electron chi connectivity index (χ4n) is 2.38. The van der Waals surface area contributed by atoms with Crippen LogP contribution in [0.4, 0.5) is 0 Å². The number of ether oxygens (including phenoxy) is 1. The van der Waals surface area contributed by atoms with Gasteiger partial charge in [-0.15, -0.1) is 0 Å². The topological polar surface area (TPSA) is 46.5 Å². The molecule has 0 aromatic rings. The summed E-state index contributed by atoms with van der Waals surface area (Å²) >= 11 is 1.84. The fourth-order valence-corrected chi connectivity index (χ4v) is 3.58. The first kappa shape index (κ1) is 13.8. The first-order valence-corrected chi connectivity index (χ1v) is 7.13. The van der Waals surface area contributed by atoms with Gasteiger partial charge in [0.25, 0.3) is 0 Å². The molecule has 1 unspecified atom stereocenters. The number of carbonyl (C=O) groups excluding carboxylic acids is 1. The smallest absolute Gasteiger partial charge is 0.312 e. The second-order valence-electron chi connectivity index (χ2n) is 4.69. The maximum Gasteiger partial charge on any atom is 0.312 e. The zero-order chi connectivity index (χ0) is 12.2. The van der Waals surface area contributed by atoms with Crippen molar-refractivity contribution < 1.29 is 14.6 Å². The van der Waals surface area contributed by atoms with Crippen molar-refractivity contribution in [2.45, 2.75) is 39.2 Å². The van der Waals surface area contributed by atoms with Crippen LogP contribution in [0.3, 0.4) is 0 Å². The Hall–Kier alpha value is -0.220. The number of esters is 1. The number of thioether (sulfide) groups is 1. The van der Waals surface area contributed by atoms with E-state index in [0.717, 1.165) is 11.5 Å². The lowest BCUT2D eigenvalue weighted by molar-refractivity contribution is -0.162. The van der Waals surface area contributed by atoms with Crippen molar-refractivity contribution >= 4 is 17.7 Å². The van der Waals surface area contributed by atoms with Crippen LogP contribution >= 0.6 is 11.8 Å². The van der Waals surface area contributed by atoms with Gasteiger partial charge in [-0.1, -0.05) is 13.8 Å². The lowest BCUT2D eigenvalue weighted by Gasteiger charge is -2.39. The van der Waals surface area contributed by atoms with Crippen LogP contribution in [0.5, 0.6) is 0 Å². The molecule has 0 spiro atoms. The first-order chi connectivity index (χ1) is 7.51. The third-order valence-electron chi connectivity index (χ3n) is 3.14. The fraction of sp³-hybridized carbons (Fsp3) is 0.917. The van der Waals surface area contributed by atoms with Gasteiger partial charge in [0.1, 0.15) is 0 Å². The normalized spacial score (nSPS) is 21.8. The Kier molecular flexibility index (Phi) is 5.12. The SMILES string of the molecule is CCOC(=O)C(C(C)C)C1(O)CCSCC1. The van der Waals surface area contributed by atoms with Crippen molar-refractivity contribution in [3.05, 3.63) is 0 Å². The molecular weight excluding hydrogens is 224 g/mol. The zero-order valence-corrected chi connectivity index (χ0v) is 11.2. The van der Waals surface area contributed by atoms with Crippen LogP contribution in [0.15, 0.2) is 0 Å². The van der Waals surface area contributed by atoms with Gasteiger partial charge in [-0.3, -0.25) is 4.79 Å². The lowest BCUT2D eigenvalue weighted by Crippen LogP contribution is -2.48. The van der Waals surface area contributed by atoms with E-state index < -0.39 is 5.60 Å². The Balaban J connectivity index is 2.78. The Morgan fingerprint density at radius 2 is 2.00 bits per heavy atom. The third kappa shape index (κ3) is 3.14. The molecule has 0 saturated carbocycles. The highest BCUT2D eigenvalue weighted by molar-refractivity contribution is 7.99. The molecule has 1 N–H and O–H groups in total. The molecular formula is C12H22O3S. The second-order valence-corrected chi connectivity index (χ2v) is 5.91. The van der Waals surface area contributed by atoms with E-state index in [1.807, 2.05) is 25.6 Å². The minimum absolute atomic E-state index is 0.118. The highest BCUT2D eigenvalue weighted by Gasteiger charge is 2.44. The standard InChI is InChI=1S/C12H22O3S/c1-4-15-11(13)10(9(2)3)12(14)5-7-16-8-6-12/h9-10,14H,4-8H2,1-3H3. The van der Waals surface area contributed by atoms with Gasteiger partial charge in [-0.05, 0) is 37.2 Å². The average Bonchev–Trinajstić information content (AvgIpc) is 2.17. The average molecular weight is 246 g/mol. The van der Waals surface area contributed by atoms with Gasteiger partial charge in [0, 0.05) is 0 Å². The Labute approximate surface area is 102 Å². The molecule has 0 radical (unpaired) electrons. The van der Waals surface area contributed by atoms with Crippen molar-refractivity contribution in [2.75, 3.05) is 18.1 Å². The molecule has 0 amide bonds. The molecule has 0 aliphatic carbocycles. The summed E-state index contributed by atoms with van der Waals surface area (Å²) in [4.78, 5) is 11.9. The van der Waals surface area contributed by atoms with E-state index >= 15 is 0 Å². The van der Waals surface area contributed by atoms with Gasteiger partial charge in [-0.2, -0.15) is 11.8 Å². The molecule has 3 nitrogen and oxygen atoms in total. The van der Waals surface area contributed by atoms with Gasteiger partial charge in [0.15, 0.2) is 0 Å². The van der Waals surface area contributed by atoms with Crippen LogP contribution in [-0.2, 0) is 9.53 Å². The summed E-state index contributed by atoms with van der Waals surface area (Å²) in [6.45, 7) is 6.13. The highest BCUT2D eigenvalue weighted by Crippen LogP contribution is 2.37. The van der Waals surface area contributed by atoms with E-state index in [0.29, 0.717) is 19.4 Å². The summed E-state index contributed by atoms with van der Waals surface area (Å²) in [5.41, 5.74) is -0.855. The van der Waals surface area contributed by atoms with Crippen LogP contribution in [0.1, 0.15) is 33.6 Å². The molecule has 1 saturated heterocycles. The maximum absolute atomic E-state index is 11.9. The summed E-state index contributed by atoms with van der Waals surface area (Å²) in [5, 5.41) is 10.6. The molecule has 0 aromatic carbocycles. The predicted octanol–water partition coefficient (Wildman–Crippen LogP) is 2.08. The Morgan fingerprint density at radius 1 is 1.44 bits per heavy atom. The molecule has 4 heteroatoms. The lowest BCUT2D eigenvalue weighted by atomic mass is 9.76. The van der Waals surface area contributed by atoms with Gasteiger partial charge in [-0.25, -0.2) is 0 Å². The number of aliphatic hydroxyl groups is 1. The second kappa shape index (κ2) is 5.92. The molecule has 0 bridgehead atoms. The molecule has 1 rings (SSSR count). The largest absolute Gasteiger partial charge is 0.466 e. The van der Waals surface area contributed by atoms with E-state index in [1.165, 1.54) is 0 Å². The molecule has 94 valence electrons. The van der Waals surface area contributed by atoms with Crippen molar-refractivity contribution in [3.63, 3.8) is 0 Å². The van der Waals surface area contributed by atoms with Gasteiger partial charge in [0.05, 0.1) is 18.1 Å². The molecule has 1 aliphatic heterocycles. The first-order valence-electron chi connectivity index (χ1n) is 5.98. The highest BCUT2D eigenvalue weighted by atomic mass is 32.2. The number of carbonyl (C=O) groups is 1. The van der Waals surface area contributed by atoms with Crippen LogP contribution in [0.2, 0.25) is 0 Å². The third-order valence-corrected chi connectivity index (χ3v) is 4.13. The van der Waals surface area contributed by atoms with E-state index in [2.05, 4.69) is 0 Å².